The zero-order valence-corrected chi connectivity index (χ0v) is 8.07. The van der Waals surface area contributed by atoms with Gasteiger partial charge in [-0.3, -0.25) is 0 Å². The van der Waals surface area contributed by atoms with E-state index in [1.165, 1.54) is 0 Å². The number of hydrogen-bond acceptors (Lipinski definition) is 2. The van der Waals surface area contributed by atoms with Crippen LogP contribution in [0.3, 0.4) is 0 Å². The fourth-order valence-electron chi connectivity index (χ4n) is 0.987. The first-order valence-electron chi connectivity index (χ1n) is 4.22. The highest BCUT2D eigenvalue weighted by Gasteiger charge is 1.95. The Labute approximate surface area is 78.9 Å². The molecule has 1 aromatic rings. The average Bonchev–Trinajstić information content (AvgIpc) is 2.15. The molecule has 0 aromatic heterocycles. The minimum absolute atomic E-state index is 0.529. The molecule has 13 heavy (non-hydrogen) atoms. The first kappa shape index (κ1) is 9.74. The Hall–Kier alpha value is -1.35. The topological polar surface area (TPSA) is 41.6 Å². The van der Waals surface area contributed by atoms with Crippen molar-refractivity contribution in [2.24, 2.45) is 10.7 Å². The predicted octanol–water partition coefficient (Wildman–Crippen LogP) is 1.37. The van der Waals surface area contributed by atoms with Gasteiger partial charge in [-0.2, -0.15) is 0 Å². The Balaban J connectivity index is 2.87. The normalized spacial score (nSPS) is 10.7. The zero-order valence-electron chi connectivity index (χ0n) is 8.07. The summed E-state index contributed by atoms with van der Waals surface area (Å²) in [5.41, 5.74) is 7.58. The van der Waals surface area contributed by atoms with Crippen LogP contribution in [0, 0.1) is 0 Å². The quantitative estimate of drug-likeness (QED) is 0.559. The Morgan fingerprint density at radius 1 is 1.38 bits per heavy atom. The Bertz CT molecular complexity index is 292. The average molecular weight is 177 g/mol. The first-order chi connectivity index (χ1) is 6.24. The van der Waals surface area contributed by atoms with E-state index < -0.39 is 0 Å². The third-order valence-corrected chi connectivity index (χ3v) is 1.64. The highest BCUT2D eigenvalue weighted by molar-refractivity contribution is 5.62. The first-order valence-corrected chi connectivity index (χ1v) is 4.22. The molecule has 0 amide bonds. The molecular formula is C10H15N3. The number of aliphatic imine (C=N–C) groups is 1. The maximum Gasteiger partial charge on any atom is 0.0907 e. The fraction of sp³-hybridized carbons (Fsp3) is 0.300. The maximum absolute atomic E-state index is 5.57. The number of hydrogen-bond donors (Lipinski definition) is 1. The summed E-state index contributed by atoms with van der Waals surface area (Å²) in [5, 5.41) is 0. The van der Waals surface area contributed by atoms with Crippen molar-refractivity contribution in [2.45, 2.75) is 6.54 Å². The van der Waals surface area contributed by atoms with Gasteiger partial charge >= 0.3 is 0 Å². The standard InChI is InChI=1S/C10H15N3/c1-13(2)8-12-10-6-4-3-5-9(10)7-11/h3-6,8H,7,11H2,1-2H3/b12-8+. The Morgan fingerprint density at radius 3 is 2.69 bits per heavy atom. The van der Waals surface area contributed by atoms with Crippen LogP contribution in [0.4, 0.5) is 5.69 Å². The van der Waals surface area contributed by atoms with E-state index >= 15 is 0 Å². The van der Waals surface area contributed by atoms with Gasteiger partial charge in [0.2, 0.25) is 0 Å². The molecule has 0 atom stereocenters. The summed E-state index contributed by atoms with van der Waals surface area (Å²) in [7, 11) is 3.88. The van der Waals surface area contributed by atoms with E-state index in [0.29, 0.717) is 6.54 Å². The van der Waals surface area contributed by atoms with Crippen molar-refractivity contribution in [3.8, 4) is 0 Å². The summed E-state index contributed by atoms with van der Waals surface area (Å²) in [6, 6.07) is 7.88. The number of benzene rings is 1. The van der Waals surface area contributed by atoms with E-state index in [9.17, 15) is 0 Å². The lowest BCUT2D eigenvalue weighted by molar-refractivity contribution is 0.643. The molecule has 3 nitrogen and oxygen atoms in total. The number of nitrogens with zero attached hydrogens (tertiary/aromatic N) is 2. The minimum atomic E-state index is 0.529. The predicted molar refractivity (Wildman–Crippen MR) is 56.2 cm³/mol. The molecule has 0 saturated heterocycles. The number of nitrogens with two attached hydrogens (primary N) is 1. The van der Waals surface area contributed by atoms with E-state index in [0.717, 1.165) is 11.3 Å². The fourth-order valence-corrected chi connectivity index (χ4v) is 0.987. The van der Waals surface area contributed by atoms with Crippen molar-refractivity contribution in [1.82, 2.24) is 4.90 Å². The number of rotatable bonds is 3. The van der Waals surface area contributed by atoms with Crippen molar-refractivity contribution in [3.63, 3.8) is 0 Å². The van der Waals surface area contributed by atoms with Crippen LogP contribution in [-0.2, 0) is 6.54 Å². The SMILES string of the molecule is CN(C)/C=N/c1ccccc1CN. The van der Waals surface area contributed by atoms with E-state index in [1.54, 1.807) is 6.34 Å². The summed E-state index contributed by atoms with van der Waals surface area (Å²) < 4.78 is 0. The molecule has 0 fully saturated rings. The molecule has 0 aliphatic heterocycles. The van der Waals surface area contributed by atoms with Gasteiger partial charge in [-0.1, -0.05) is 18.2 Å². The second kappa shape index (κ2) is 4.62. The molecular weight excluding hydrogens is 162 g/mol. The summed E-state index contributed by atoms with van der Waals surface area (Å²) in [5.74, 6) is 0. The van der Waals surface area contributed by atoms with Gasteiger partial charge in [0, 0.05) is 20.6 Å². The van der Waals surface area contributed by atoms with Gasteiger partial charge in [0.25, 0.3) is 0 Å². The second-order valence-electron chi connectivity index (χ2n) is 3.04. The second-order valence-corrected chi connectivity index (χ2v) is 3.04. The van der Waals surface area contributed by atoms with Crippen LogP contribution in [0.25, 0.3) is 0 Å². The molecule has 1 rings (SSSR count). The van der Waals surface area contributed by atoms with Crippen LogP contribution >= 0.6 is 0 Å². The van der Waals surface area contributed by atoms with Crippen LogP contribution in [0.15, 0.2) is 29.3 Å². The molecule has 3 heteroatoms. The Morgan fingerprint density at radius 2 is 2.08 bits per heavy atom. The van der Waals surface area contributed by atoms with Crippen LogP contribution in [0.1, 0.15) is 5.56 Å². The summed E-state index contributed by atoms with van der Waals surface area (Å²) in [4.78, 5) is 6.19. The zero-order chi connectivity index (χ0) is 9.68. The molecule has 0 aliphatic rings. The van der Waals surface area contributed by atoms with Crippen molar-refractivity contribution in [3.05, 3.63) is 29.8 Å². The molecule has 2 N–H and O–H groups in total. The van der Waals surface area contributed by atoms with Gasteiger partial charge < -0.3 is 10.6 Å². The molecule has 0 bridgehead atoms. The highest BCUT2D eigenvalue weighted by Crippen LogP contribution is 2.16. The molecule has 0 heterocycles. The molecule has 0 saturated carbocycles. The highest BCUT2D eigenvalue weighted by atomic mass is 15.1. The molecule has 70 valence electrons. The monoisotopic (exact) mass is 177 g/mol. The van der Waals surface area contributed by atoms with E-state index in [1.807, 2.05) is 43.3 Å². The van der Waals surface area contributed by atoms with Gasteiger partial charge in [0.05, 0.1) is 12.0 Å². The lowest BCUT2D eigenvalue weighted by Gasteiger charge is -2.04. The van der Waals surface area contributed by atoms with Gasteiger partial charge in [0.15, 0.2) is 0 Å². The van der Waals surface area contributed by atoms with Crippen molar-refractivity contribution in [2.75, 3.05) is 14.1 Å². The molecule has 0 radical (unpaired) electrons. The lowest BCUT2D eigenvalue weighted by atomic mass is 10.2. The van der Waals surface area contributed by atoms with Crippen LogP contribution in [-0.4, -0.2) is 25.3 Å². The van der Waals surface area contributed by atoms with Gasteiger partial charge in [0.1, 0.15) is 0 Å². The van der Waals surface area contributed by atoms with Crippen molar-refractivity contribution >= 4 is 12.0 Å². The van der Waals surface area contributed by atoms with Gasteiger partial charge in [-0.25, -0.2) is 4.99 Å². The summed E-state index contributed by atoms with van der Waals surface area (Å²) in [6.07, 6.45) is 1.77. The van der Waals surface area contributed by atoms with E-state index in [2.05, 4.69) is 4.99 Å². The van der Waals surface area contributed by atoms with Gasteiger partial charge in [-0.15, -0.1) is 0 Å². The van der Waals surface area contributed by atoms with E-state index in [-0.39, 0.29) is 0 Å². The van der Waals surface area contributed by atoms with Crippen LogP contribution in [0.5, 0.6) is 0 Å². The van der Waals surface area contributed by atoms with Gasteiger partial charge in [-0.05, 0) is 11.6 Å². The number of para-hydroxylation sites is 1. The molecule has 0 unspecified atom stereocenters. The molecule has 0 aliphatic carbocycles. The van der Waals surface area contributed by atoms with Crippen LogP contribution < -0.4 is 5.73 Å². The van der Waals surface area contributed by atoms with Crippen molar-refractivity contribution in [1.29, 1.82) is 0 Å². The van der Waals surface area contributed by atoms with E-state index in [4.69, 9.17) is 5.73 Å². The smallest absolute Gasteiger partial charge is 0.0907 e. The van der Waals surface area contributed by atoms with Crippen LogP contribution in [0.2, 0.25) is 0 Å². The minimum Gasteiger partial charge on any atom is -0.369 e. The third-order valence-electron chi connectivity index (χ3n) is 1.64. The Kier molecular flexibility index (Phi) is 3.46. The maximum atomic E-state index is 5.57. The van der Waals surface area contributed by atoms with Crippen molar-refractivity contribution < 1.29 is 0 Å². The molecule has 1 aromatic carbocycles. The lowest BCUT2D eigenvalue weighted by Crippen LogP contribution is -2.07. The summed E-state index contributed by atoms with van der Waals surface area (Å²) in [6.45, 7) is 0.529. The summed E-state index contributed by atoms with van der Waals surface area (Å²) >= 11 is 0. The molecule has 0 spiro atoms. The third kappa shape index (κ3) is 2.87. The largest absolute Gasteiger partial charge is 0.369 e.